The number of anilines is 1. The zero-order valence-electron chi connectivity index (χ0n) is 12.5. The van der Waals surface area contributed by atoms with E-state index >= 15 is 0 Å². The number of aryl methyl sites for hydroxylation is 1. The number of hydrogen-bond acceptors (Lipinski definition) is 4. The highest BCUT2D eigenvalue weighted by Gasteiger charge is 2.10. The van der Waals surface area contributed by atoms with E-state index in [4.69, 9.17) is 16.3 Å². The standard InChI is InChI=1S/C17H15ClN2O2S/c1-22-14-5-3-2-4-11(14)6-9-16(21)20-17-19-13-8-7-12(18)10-15(13)23-17/h2-5,7-8,10H,6,9H2,1H3,(H,19,20,21). The predicted octanol–water partition coefficient (Wildman–Crippen LogP) is 4.53. The van der Waals surface area contributed by atoms with Gasteiger partial charge in [-0.15, -0.1) is 0 Å². The van der Waals surface area contributed by atoms with Crippen molar-refractivity contribution in [2.24, 2.45) is 0 Å². The quantitative estimate of drug-likeness (QED) is 0.738. The van der Waals surface area contributed by atoms with E-state index in [-0.39, 0.29) is 5.91 Å². The highest BCUT2D eigenvalue weighted by molar-refractivity contribution is 7.22. The van der Waals surface area contributed by atoms with Gasteiger partial charge < -0.3 is 10.1 Å². The third-order valence-corrected chi connectivity index (χ3v) is 4.58. The van der Waals surface area contributed by atoms with Crippen LogP contribution in [-0.2, 0) is 11.2 Å². The third-order valence-electron chi connectivity index (χ3n) is 3.41. The average molecular weight is 347 g/mol. The van der Waals surface area contributed by atoms with Crippen LogP contribution in [0.15, 0.2) is 42.5 Å². The molecule has 1 amide bonds. The Labute approximate surface area is 143 Å². The van der Waals surface area contributed by atoms with Crippen molar-refractivity contribution in [2.45, 2.75) is 12.8 Å². The van der Waals surface area contributed by atoms with Crippen LogP contribution in [0.5, 0.6) is 5.75 Å². The molecule has 2 aromatic carbocycles. The summed E-state index contributed by atoms with van der Waals surface area (Å²) in [6, 6.07) is 13.2. The lowest BCUT2D eigenvalue weighted by molar-refractivity contribution is -0.116. The Kier molecular flexibility index (Phi) is 4.79. The maximum atomic E-state index is 12.1. The minimum atomic E-state index is -0.0685. The lowest BCUT2D eigenvalue weighted by Crippen LogP contribution is -2.12. The average Bonchev–Trinajstić information content (AvgIpc) is 2.94. The number of fused-ring (bicyclic) bond motifs is 1. The molecule has 3 rings (SSSR count). The zero-order chi connectivity index (χ0) is 16.2. The molecule has 6 heteroatoms. The van der Waals surface area contributed by atoms with Crippen LogP contribution in [0.3, 0.4) is 0 Å². The Morgan fingerprint density at radius 1 is 1.30 bits per heavy atom. The fraction of sp³-hybridized carbons (Fsp3) is 0.176. The van der Waals surface area contributed by atoms with E-state index in [1.807, 2.05) is 36.4 Å². The third kappa shape index (κ3) is 3.81. The minimum absolute atomic E-state index is 0.0685. The second-order valence-corrected chi connectivity index (χ2v) is 6.46. The molecule has 23 heavy (non-hydrogen) atoms. The number of methoxy groups -OCH3 is 1. The van der Waals surface area contributed by atoms with Crippen LogP contribution >= 0.6 is 22.9 Å². The number of para-hydroxylation sites is 1. The van der Waals surface area contributed by atoms with Crippen LogP contribution in [0.4, 0.5) is 5.13 Å². The van der Waals surface area contributed by atoms with E-state index in [0.29, 0.717) is 23.0 Å². The van der Waals surface area contributed by atoms with Crippen LogP contribution in [0.2, 0.25) is 5.02 Å². The minimum Gasteiger partial charge on any atom is -0.496 e. The Morgan fingerprint density at radius 3 is 2.96 bits per heavy atom. The molecule has 1 N–H and O–H groups in total. The van der Waals surface area contributed by atoms with Crippen LogP contribution in [0, 0.1) is 0 Å². The summed E-state index contributed by atoms with van der Waals surface area (Å²) in [4.78, 5) is 16.5. The molecule has 0 aliphatic carbocycles. The summed E-state index contributed by atoms with van der Waals surface area (Å²) < 4.78 is 6.25. The van der Waals surface area contributed by atoms with Crippen molar-refractivity contribution < 1.29 is 9.53 Å². The first-order valence-electron chi connectivity index (χ1n) is 7.13. The van der Waals surface area contributed by atoms with E-state index in [1.165, 1.54) is 11.3 Å². The van der Waals surface area contributed by atoms with Gasteiger partial charge >= 0.3 is 0 Å². The number of hydrogen-bond donors (Lipinski definition) is 1. The van der Waals surface area contributed by atoms with E-state index in [1.54, 1.807) is 13.2 Å². The number of rotatable bonds is 5. The normalized spacial score (nSPS) is 10.7. The molecule has 0 saturated heterocycles. The van der Waals surface area contributed by atoms with Crippen molar-refractivity contribution in [1.29, 1.82) is 0 Å². The summed E-state index contributed by atoms with van der Waals surface area (Å²) in [6.45, 7) is 0. The van der Waals surface area contributed by atoms with Crippen molar-refractivity contribution >= 4 is 44.2 Å². The van der Waals surface area contributed by atoms with Gasteiger partial charge in [0.1, 0.15) is 5.75 Å². The van der Waals surface area contributed by atoms with Crippen LogP contribution in [0.25, 0.3) is 10.2 Å². The SMILES string of the molecule is COc1ccccc1CCC(=O)Nc1nc2ccc(Cl)cc2s1. The van der Waals surface area contributed by atoms with E-state index in [2.05, 4.69) is 10.3 Å². The number of ether oxygens (including phenoxy) is 1. The molecule has 0 fully saturated rings. The van der Waals surface area contributed by atoms with Gasteiger partial charge in [-0.05, 0) is 36.2 Å². The maximum absolute atomic E-state index is 12.1. The number of carbonyl (C=O) groups excluding carboxylic acids is 1. The molecule has 0 saturated carbocycles. The highest BCUT2D eigenvalue weighted by atomic mass is 35.5. The molecule has 3 aromatic rings. The zero-order valence-corrected chi connectivity index (χ0v) is 14.1. The number of nitrogens with zero attached hydrogens (tertiary/aromatic N) is 1. The Balaban J connectivity index is 1.64. The van der Waals surface area contributed by atoms with Gasteiger partial charge in [0, 0.05) is 11.4 Å². The van der Waals surface area contributed by atoms with Gasteiger partial charge in [0.25, 0.3) is 0 Å². The smallest absolute Gasteiger partial charge is 0.226 e. The summed E-state index contributed by atoms with van der Waals surface area (Å²) in [5.41, 5.74) is 1.85. The fourth-order valence-electron chi connectivity index (χ4n) is 2.29. The number of halogens is 1. The summed E-state index contributed by atoms with van der Waals surface area (Å²) in [7, 11) is 1.63. The van der Waals surface area contributed by atoms with Gasteiger partial charge in [0.15, 0.2) is 5.13 Å². The lowest BCUT2D eigenvalue weighted by Gasteiger charge is -2.07. The fourth-order valence-corrected chi connectivity index (χ4v) is 3.45. The molecular weight excluding hydrogens is 332 g/mol. The summed E-state index contributed by atoms with van der Waals surface area (Å²) in [6.07, 6.45) is 0.990. The van der Waals surface area contributed by atoms with Gasteiger partial charge in [-0.2, -0.15) is 0 Å². The first-order valence-corrected chi connectivity index (χ1v) is 8.33. The number of aromatic nitrogens is 1. The van der Waals surface area contributed by atoms with E-state index in [9.17, 15) is 4.79 Å². The van der Waals surface area contributed by atoms with E-state index in [0.717, 1.165) is 21.5 Å². The van der Waals surface area contributed by atoms with Crippen LogP contribution in [-0.4, -0.2) is 18.0 Å². The molecular formula is C17H15ClN2O2S. The van der Waals surface area contributed by atoms with Crippen molar-refractivity contribution in [1.82, 2.24) is 4.98 Å². The first-order chi connectivity index (χ1) is 11.2. The van der Waals surface area contributed by atoms with E-state index < -0.39 is 0 Å². The summed E-state index contributed by atoms with van der Waals surface area (Å²) >= 11 is 7.38. The molecule has 1 aromatic heterocycles. The second-order valence-electron chi connectivity index (χ2n) is 4.99. The molecule has 0 atom stereocenters. The van der Waals surface area contributed by atoms with Gasteiger partial charge in [0.05, 0.1) is 17.3 Å². The summed E-state index contributed by atoms with van der Waals surface area (Å²) in [5, 5.41) is 4.10. The molecule has 0 unspecified atom stereocenters. The molecule has 0 bridgehead atoms. The number of amides is 1. The second kappa shape index (κ2) is 6.98. The first kappa shape index (κ1) is 15.8. The molecule has 4 nitrogen and oxygen atoms in total. The molecule has 118 valence electrons. The predicted molar refractivity (Wildman–Crippen MR) is 94.6 cm³/mol. The number of carbonyl (C=O) groups is 1. The Hall–Kier alpha value is -2.11. The van der Waals surface area contributed by atoms with Crippen molar-refractivity contribution in [3.8, 4) is 5.75 Å². The lowest BCUT2D eigenvalue weighted by atomic mass is 10.1. The van der Waals surface area contributed by atoms with Gasteiger partial charge in [-0.25, -0.2) is 4.98 Å². The van der Waals surface area contributed by atoms with Crippen molar-refractivity contribution in [3.63, 3.8) is 0 Å². The number of benzene rings is 2. The molecule has 1 heterocycles. The Morgan fingerprint density at radius 2 is 2.13 bits per heavy atom. The molecule has 0 radical (unpaired) electrons. The molecule has 0 aliphatic rings. The van der Waals surface area contributed by atoms with Crippen molar-refractivity contribution in [3.05, 3.63) is 53.1 Å². The molecule has 0 spiro atoms. The highest BCUT2D eigenvalue weighted by Crippen LogP contribution is 2.28. The topological polar surface area (TPSA) is 51.2 Å². The monoisotopic (exact) mass is 346 g/mol. The number of nitrogens with one attached hydrogen (secondary N) is 1. The maximum Gasteiger partial charge on any atom is 0.226 e. The molecule has 0 aliphatic heterocycles. The van der Waals surface area contributed by atoms with Crippen molar-refractivity contribution in [2.75, 3.05) is 12.4 Å². The number of thiazole rings is 1. The summed E-state index contributed by atoms with van der Waals surface area (Å²) in [5.74, 6) is 0.732. The van der Waals surface area contributed by atoms with Gasteiger partial charge in [-0.3, -0.25) is 4.79 Å². The van der Waals surface area contributed by atoms with Crippen LogP contribution in [0.1, 0.15) is 12.0 Å². The largest absolute Gasteiger partial charge is 0.496 e. The Bertz CT molecular complexity index is 847. The van der Waals surface area contributed by atoms with Crippen LogP contribution < -0.4 is 10.1 Å². The van der Waals surface area contributed by atoms with Gasteiger partial charge in [-0.1, -0.05) is 41.1 Å². The van der Waals surface area contributed by atoms with Gasteiger partial charge in [0.2, 0.25) is 5.91 Å².